The standard InChI is InChI=1S/C12H23N3S/c1-2-11(5-6-13)4-3-7-14-8-12-9-16-10-15-12/h9-11,14H,2-8,13H2,1H3. The van der Waals surface area contributed by atoms with E-state index in [0.717, 1.165) is 31.2 Å². The summed E-state index contributed by atoms with van der Waals surface area (Å²) in [6.45, 7) is 5.06. The van der Waals surface area contributed by atoms with Crippen molar-refractivity contribution in [1.29, 1.82) is 0 Å². The first kappa shape index (κ1) is 13.6. The third-order valence-electron chi connectivity index (χ3n) is 2.91. The fraction of sp³-hybridized carbons (Fsp3) is 0.750. The van der Waals surface area contributed by atoms with Gasteiger partial charge in [0.2, 0.25) is 0 Å². The van der Waals surface area contributed by atoms with Crippen molar-refractivity contribution >= 4 is 11.3 Å². The Kier molecular flexibility index (Phi) is 7.38. The van der Waals surface area contributed by atoms with Crippen molar-refractivity contribution in [3.63, 3.8) is 0 Å². The van der Waals surface area contributed by atoms with Crippen LogP contribution < -0.4 is 11.1 Å². The minimum absolute atomic E-state index is 0.811. The van der Waals surface area contributed by atoms with Crippen LogP contribution in [0, 0.1) is 5.92 Å². The lowest BCUT2D eigenvalue weighted by Gasteiger charge is -2.13. The Labute approximate surface area is 102 Å². The maximum absolute atomic E-state index is 5.58. The summed E-state index contributed by atoms with van der Waals surface area (Å²) in [7, 11) is 0. The van der Waals surface area contributed by atoms with Crippen LogP contribution in [0.2, 0.25) is 0 Å². The summed E-state index contributed by atoms with van der Waals surface area (Å²) >= 11 is 1.65. The van der Waals surface area contributed by atoms with Gasteiger partial charge in [0.15, 0.2) is 0 Å². The molecule has 92 valence electrons. The van der Waals surface area contributed by atoms with Gasteiger partial charge in [-0.15, -0.1) is 11.3 Å². The molecule has 1 rings (SSSR count). The van der Waals surface area contributed by atoms with E-state index in [-0.39, 0.29) is 0 Å². The summed E-state index contributed by atoms with van der Waals surface area (Å²) in [5.41, 5.74) is 8.61. The summed E-state index contributed by atoms with van der Waals surface area (Å²) in [6.07, 6.45) is 4.95. The highest BCUT2D eigenvalue weighted by atomic mass is 32.1. The number of rotatable bonds is 9. The lowest BCUT2D eigenvalue weighted by molar-refractivity contribution is 0.422. The zero-order chi connectivity index (χ0) is 11.6. The average Bonchev–Trinajstić information content (AvgIpc) is 2.80. The van der Waals surface area contributed by atoms with Crippen LogP contribution in [0.1, 0.15) is 38.3 Å². The van der Waals surface area contributed by atoms with Gasteiger partial charge in [0.25, 0.3) is 0 Å². The Morgan fingerprint density at radius 3 is 3.00 bits per heavy atom. The normalized spacial score (nSPS) is 12.9. The number of hydrogen-bond acceptors (Lipinski definition) is 4. The van der Waals surface area contributed by atoms with E-state index in [0.29, 0.717) is 0 Å². The smallest absolute Gasteiger partial charge is 0.0795 e. The second kappa shape index (κ2) is 8.67. The fourth-order valence-electron chi connectivity index (χ4n) is 1.85. The van der Waals surface area contributed by atoms with Crippen LogP contribution in [0.4, 0.5) is 0 Å². The van der Waals surface area contributed by atoms with Crippen LogP contribution in [0.15, 0.2) is 10.9 Å². The number of aromatic nitrogens is 1. The van der Waals surface area contributed by atoms with Gasteiger partial charge in [-0.05, 0) is 38.3 Å². The van der Waals surface area contributed by atoms with Crippen LogP contribution in [0.5, 0.6) is 0 Å². The molecule has 1 atom stereocenters. The molecule has 0 radical (unpaired) electrons. The first-order valence-corrected chi connectivity index (χ1v) is 7.09. The van der Waals surface area contributed by atoms with Crippen molar-refractivity contribution in [1.82, 2.24) is 10.3 Å². The van der Waals surface area contributed by atoms with Crippen molar-refractivity contribution in [2.45, 2.75) is 39.2 Å². The second-order valence-electron chi connectivity index (χ2n) is 4.15. The van der Waals surface area contributed by atoms with Gasteiger partial charge >= 0.3 is 0 Å². The Morgan fingerprint density at radius 1 is 1.50 bits per heavy atom. The molecule has 1 aromatic heterocycles. The molecule has 4 heteroatoms. The van der Waals surface area contributed by atoms with Crippen molar-refractivity contribution in [2.75, 3.05) is 13.1 Å². The largest absolute Gasteiger partial charge is 0.330 e. The molecule has 0 bridgehead atoms. The third-order valence-corrected chi connectivity index (χ3v) is 3.54. The Bertz CT molecular complexity index is 249. The molecular formula is C12H23N3S. The summed E-state index contributed by atoms with van der Waals surface area (Å²) in [4.78, 5) is 4.23. The molecule has 3 nitrogen and oxygen atoms in total. The lowest BCUT2D eigenvalue weighted by Crippen LogP contribution is -2.16. The van der Waals surface area contributed by atoms with Gasteiger partial charge in [0.05, 0.1) is 11.2 Å². The third kappa shape index (κ3) is 5.58. The quantitative estimate of drug-likeness (QED) is 0.653. The van der Waals surface area contributed by atoms with Crippen LogP contribution in [-0.4, -0.2) is 18.1 Å². The molecular weight excluding hydrogens is 218 g/mol. The predicted octanol–water partition coefficient (Wildman–Crippen LogP) is 2.39. The maximum Gasteiger partial charge on any atom is 0.0795 e. The molecule has 16 heavy (non-hydrogen) atoms. The minimum atomic E-state index is 0.811. The van der Waals surface area contributed by atoms with E-state index >= 15 is 0 Å². The molecule has 1 heterocycles. The van der Waals surface area contributed by atoms with Crippen LogP contribution >= 0.6 is 11.3 Å². The number of nitrogens with two attached hydrogens (primary N) is 1. The van der Waals surface area contributed by atoms with E-state index in [9.17, 15) is 0 Å². The van der Waals surface area contributed by atoms with E-state index in [1.807, 2.05) is 5.51 Å². The zero-order valence-electron chi connectivity index (χ0n) is 10.1. The van der Waals surface area contributed by atoms with Gasteiger partial charge in [0, 0.05) is 11.9 Å². The highest BCUT2D eigenvalue weighted by Gasteiger charge is 2.04. The summed E-state index contributed by atoms with van der Waals surface area (Å²) in [6, 6.07) is 0. The van der Waals surface area contributed by atoms with Gasteiger partial charge in [-0.25, -0.2) is 4.98 Å². The van der Waals surface area contributed by atoms with Crippen molar-refractivity contribution < 1.29 is 0 Å². The SMILES string of the molecule is CCC(CCN)CCCNCc1cscn1. The minimum Gasteiger partial charge on any atom is -0.330 e. The van der Waals surface area contributed by atoms with Crippen LogP contribution in [0.3, 0.4) is 0 Å². The van der Waals surface area contributed by atoms with E-state index in [1.165, 1.54) is 25.7 Å². The van der Waals surface area contributed by atoms with Gasteiger partial charge in [-0.2, -0.15) is 0 Å². The topological polar surface area (TPSA) is 50.9 Å². The number of hydrogen-bond donors (Lipinski definition) is 2. The van der Waals surface area contributed by atoms with Crippen molar-refractivity contribution in [3.8, 4) is 0 Å². The van der Waals surface area contributed by atoms with Crippen LogP contribution in [0.25, 0.3) is 0 Å². The molecule has 1 unspecified atom stereocenters. The van der Waals surface area contributed by atoms with Crippen molar-refractivity contribution in [2.24, 2.45) is 11.7 Å². The molecule has 1 aromatic rings. The molecule has 0 fully saturated rings. The average molecular weight is 241 g/mol. The number of nitrogens with zero attached hydrogens (tertiary/aromatic N) is 1. The molecule has 0 saturated heterocycles. The van der Waals surface area contributed by atoms with E-state index in [4.69, 9.17) is 5.73 Å². The first-order chi connectivity index (χ1) is 7.86. The highest BCUT2D eigenvalue weighted by molar-refractivity contribution is 7.07. The highest BCUT2D eigenvalue weighted by Crippen LogP contribution is 2.13. The molecule has 3 N–H and O–H groups in total. The lowest BCUT2D eigenvalue weighted by atomic mass is 9.97. The Hall–Kier alpha value is -0.450. The zero-order valence-corrected chi connectivity index (χ0v) is 10.9. The van der Waals surface area contributed by atoms with E-state index in [1.54, 1.807) is 11.3 Å². The summed E-state index contributed by atoms with van der Waals surface area (Å²) in [5, 5.41) is 5.52. The van der Waals surface area contributed by atoms with Gasteiger partial charge in [0.1, 0.15) is 0 Å². The Balaban J connectivity index is 1.98. The maximum atomic E-state index is 5.58. The molecule has 0 aliphatic rings. The second-order valence-corrected chi connectivity index (χ2v) is 4.87. The molecule has 0 amide bonds. The van der Waals surface area contributed by atoms with Crippen LogP contribution in [-0.2, 0) is 6.54 Å². The summed E-state index contributed by atoms with van der Waals surface area (Å²) in [5.74, 6) is 0.811. The van der Waals surface area contributed by atoms with E-state index in [2.05, 4.69) is 22.6 Å². The first-order valence-electron chi connectivity index (χ1n) is 6.14. The number of nitrogens with one attached hydrogen (secondary N) is 1. The number of thiazole rings is 1. The molecule has 0 aliphatic heterocycles. The molecule has 0 saturated carbocycles. The molecule has 0 spiro atoms. The molecule has 0 aliphatic carbocycles. The van der Waals surface area contributed by atoms with Gasteiger partial charge in [-0.3, -0.25) is 0 Å². The van der Waals surface area contributed by atoms with Gasteiger partial charge in [-0.1, -0.05) is 13.3 Å². The molecule has 0 aromatic carbocycles. The predicted molar refractivity (Wildman–Crippen MR) is 70.5 cm³/mol. The summed E-state index contributed by atoms with van der Waals surface area (Å²) < 4.78 is 0. The fourth-order valence-corrected chi connectivity index (χ4v) is 2.40. The monoisotopic (exact) mass is 241 g/mol. The van der Waals surface area contributed by atoms with E-state index < -0.39 is 0 Å². The van der Waals surface area contributed by atoms with Crippen molar-refractivity contribution in [3.05, 3.63) is 16.6 Å². The van der Waals surface area contributed by atoms with Gasteiger partial charge < -0.3 is 11.1 Å². The Morgan fingerprint density at radius 2 is 2.38 bits per heavy atom.